The van der Waals surface area contributed by atoms with Crippen molar-refractivity contribution in [1.82, 2.24) is 5.32 Å². The van der Waals surface area contributed by atoms with Crippen molar-refractivity contribution in [3.05, 3.63) is 28.8 Å². The minimum atomic E-state index is -0.854. The number of ether oxygens (including phenoxy) is 1. The Morgan fingerprint density at radius 2 is 2.17 bits per heavy atom. The number of rotatable bonds is 5. The Bertz CT molecular complexity index is 604. The summed E-state index contributed by atoms with van der Waals surface area (Å²) in [5, 5.41) is 12.9. The normalized spacial score (nSPS) is 24.0. The van der Waals surface area contributed by atoms with Crippen molar-refractivity contribution in [1.29, 1.82) is 0 Å². The number of nitrogens with one attached hydrogen (secondary N) is 1. The second-order valence-corrected chi connectivity index (χ2v) is 6.67. The molecule has 0 saturated heterocycles. The predicted octanol–water partition coefficient (Wildman–Crippen LogP) is 3.04. The molecule has 5 nitrogen and oxygen atoms in total. The van der Waals surface area contributed by atoms with Crippen LogP contribution in [-0.2, 0) is 16.0 Å². The summed E-state index contributed by atoms with van der Waals surface area (Å²) in [4.78, 5) is 23.9. The number of amides is 1. The van der Waals surface area contributed by atoms with Crippen molar-refractivity contribution in [2.45, 2.75) is 44.6 Å². The number of benzene rings is 1. The van der Waals surface area contributed by atoms with Crippen LogP contribution in [0, 0.1) is 5.92 Å². The second kappa shape index (κ2) is 7.21. The lowest BCUT2D eigenvalue weighted by Gasteiger charge is -2.39. The van der Waals surface area contributed by atoms with Gasteiger partial charge in [-0.25, -0.2) is 0 Å². The number of hydrogen-bond donors (Lipinski definition) is 2. The maximum Gasteiger partial charge on any atom is 0.308 e. The van der Waals surface area contributed by atoms with Crippen LogP contribution >= 0.6 is 11.6 Å². The number of aliphatic carboxylic acids is 1. The fraction of sp³-hybridized carbons (Fsp3) is 0.529. The van der Waals surface area contributed by atoms with Gasteiger partial charge < -0.3 is 15.2 Å². The quantitative estimate of drug-likeness (QED) is 0.864. The van der Waals surface area contributed by atoms with Crippen LogP contribution < -0.4 is 10.1 Å². The van der Waals surface area contributed by atoms with Gasteiger partial charge in [0.15, 0.2) is 0 Å². The molecule has 1 aliphatic carbocycles. The van der Waals surface area contributed by atoms with E-state index in [2.05, 4.69) is 5.32 Å². The molecule has 6 heteroatoms. The molecule has 2 rings (SSSR count). The standard InChI is InChI=1S/C17H22ClNO4/c1-17(8-4-3-5-13(17)16(21)22)19-15(20)10-11-9-12(18)6-7-14(11)23-2/h6-7,9,13H,3-5,8,10H2,1-2H3,(H,19,20)(H,21,22). The average molecular weight is 340 g/mol. The van der Waals surface area contributed by atoms with Crippen molar-refractivity contribution in [2.75, 3.05) is 7.11 Å². The topological polar surface area (TPSA) is 75.6 Å². The maximum absolute atomic E-state index is 12.4. The third-order valence-electron chi connectivity index (χ3n) is 4.52. The van der Waals surface area contributed by atoms with Gasteiger partial charge in [-0.1, -0.05) is 24.4 Å². The summed E-state index contributed by atoms with van der Waals surface area (Å²) >= 11 is 5.98. The number of carboxylic acid groups (broad SMARTS) is 1. The molecule has 0 radical (unpaired) electrons. The molecule has 1 aromatic carbocycles. The monoisotopic (exact) mass is 339 g/mol. The lowest BCUT2D eigenvalue weighted by molar-refractivity contribution is -0.146. The number of carbonyl (C=O) groups excluding carboxylic acids is 1. The highest BCUT2D eigenvalue weighted by atomic mass is 35.5. The van der Waals surface area contributed by atoms with E-state index in [1.807, 2.05) is 6.92 Å². The molecule has 2 N–H and O–H groups in total. The molecule has 1 fully saturated rings. The van der Waals surface area contributed by atoms with Gasteiger partial charge >= 0.3 is 5.97 Å². The molecule has 1 aromatic rings. The van der Waals surface area contributed by atoms with Crippen LogP contribution in [-0.4, -0.2) is 29.6 Å². The SMILES string of the molecule is COc1ccc(Cl)cc1CC(=O)NC1(C)CCCCC1C(=O)O. The molecule has 1 saturated carbocycles. The van der Waals surface area contributed by atoms with Crippen molar-refractivity contribution >= 4 is 23.5 Å². The highest BCUT2D eigenvalue weighted by Crippen LogP contribution is 2.34. The van der Waals surface area contributed by atoms with E-state index in [1.54, 1.807) is 18.2 Å². The van der Waals surface area contributed by atoms with Gasteiger partial charge in [0.05, 0.1) is 25.0 Å². The van der Waals surface area contributed by atoms with Gasteiger partial charge in [0.2, 0.25) is 5.91 Å². The van der Waals surface area contributed by atoms with E-state index < -0.39 is 17.4 Å². The van der Waals surface area contributed by atoms with Crippen molar-refractivity contribution < 1.29 is 19.4 Å². The lowest BCUT2D eigenvalue weighted by atomic mass is 9.74. The van der Waals surface area contributed by atoms with Gasteiger partial charge in [-0.3, -0.25) is 9.59 Å². The van der Waals surface area contributed by atoms with Crippen molar-refractivity contribution in [2.24, 2.45) is 5.92 Å². The number of carbonyl (C=O) groups is 2. The highest BCUT2D eigenvalue weighted by Gasteiger charge is 2.42. The van der Waals surface area contributed by atoms with Crippen LogP contribution in [0.5, 0.6) is 5.75 Å². The lowest BCUT2D eigenvalue weighted by Crippen LogP contribution is -2.55. The van der Waals surface area contributed by atoms with Crippen LogP contribution in [0.3, 0.4) is 0 Å². The molecule has 0 bridgehead atoms. The fourth-order valence-electron chi connectivity index (χ4n) is 3.30. The summed E-state index contributed by atoms with van der Waals surface area (Å²) in [6, 6.07) is 5.11. The molecule has 23 heavy (non-hydrogen) atoms. The summed E-state index contributed by atoms with van der Waals surface area (Å²) in [5.41, 5.74) is -0.0312. The minimum absolute atomic E-state index is 0.103. The Kier molecular flexibility index (Phi) is 5.52. The molecule has 2 unspecified atom stereocenters. The van der Waals surface area contributed by atoms with Gasteiger partial charge in [-0.2, -0.15) is 0 Å². The van der Waals surface area contributed by atoms with E-state index in [1.165, 1.54) is 7.11 Å². The first-order valence-electron chi connectivity index (χ1n) is 7.72. The third kappa shape index (κ3) is 4.16. The Balaban J connectivity index is 2.12. The third-order valence-corrected chi connectivity index (χ3v) is 4.76. The molecular formula is C17H22ClNO4. The first-order valence-corrected chi connectivity index (χ1v) is 8.10. The molecule has 1 aliphatic rings. The van der Waals surface area contributed by atoms with E-state index >= 15 is 0 Å². The first kappa shape index (κ1) is 17.6. The zero-order chi connectivity index (χ0) is 17.0. The van der Waals surface area contributed by atoms with E-state index in [9.17, 15) is 14.7 Å². The zero-order valence-corrected chi connectivity index (χ0v) is 14.2. The summed E-state index contributed by atoms with van der Waals surface area (Å²) in [5.74, 6) is -1.04. The molecule has 2 atom stereocenters. The number of hydrogen-bond acceptors (Lipinski definition) is 3. The van der Waals surface area contributed by atoms with Gasteiger partial charge in [0.25, 0.3) is 0 Å². The van der Waals surface area contributed by atoms with Gasteiger partial charge in [0.1, 0.15) is 5.75 Å². The largest absolute Gasteiger partial charge is 0.496 e. The average Bonchev–Trinajstić information content (AvgIpc) is 2.46. The molecule has 0 aromatic heterocycles. The number of carboxylic acids is 1. The van der Waals surface area contributed by atoms with Crippen molar-refractivity contribution in [3.8, 4) is 5.75 Å². The molecular weight excluding hydrogens is 318 g/mol. The summed E-state index contributed by atoms with van der Waals surface area (Å²) in [6.07, 6.45) is 3.16. The van der Waals surface area contributed by atoms with Gasteiger partial charge in [0, 0.05) is 10.6 Å². The number of halogens is 1. The second-order valence-electron chi connectivity index (χ2n) is 6.24. The number of methoxy groups -OCH3 is 1. The smallest absolute Gasteiger partial charge is 0.308 e. The Labute approximate surface area is 141 Å². The molecule has 0 spiro atoms. The highest BCUT2D eigenvalue weighted by molar-refractivity contribution is 6.30. The summed E-state index contributed by atoms with van der Waals surface area (Å²) in [7, 11) is 1.54. The Hall–Kier alpha value is -1.75. The van der Waals surface area contributed by atoms with E-state index in [4.69, 9.17) is 16.3 Å². The van der Waals surface area contributed by atoms with Crippen molar-refractivity contribution in [3.63, 3.8) is 0 Å². The predicted molar refractivity (Wildman–Crippen MR) is 87.8 cm³/mol. The van der Waals surface area contributed by atoms with Crippen LogP contribution in [0.15, 0.2) is 18.2 Å². The molecule has 0 aliphatic heterocycles. The van der Waals surface area contributed by atoms with Crippen LogP contribution in [0.2, 0.25) is 5.02 Å². The van der Waals surface area contributed by atoms with Gasteiger partial charge in [-0.05, 0) is 38.0 Å². The van der Waals surface area contributed by atoms with E-state index in [-0.39, 0.29) is 12.3 Å². The summed E-state index contributed by atoms with van der Waals surface area (Å²) < 4.78 is 5.24. The zero-order valence-electron chi connectivity index (χ0n) is 13.4. The maximum atomic E-state index is 12.4. The first-order chi connectivity index (χ1) is 10.9. The van der Waals surface area contributed by atoms with E-state index in [0.717, 1.165) is 12.8 Å². The van der Waals surface area contributed by atoms with Crippen LogP contribution in [0.4, 0.5) is 0 Å². The molecule has 126 valence electrons. The van der Waals surface area contributed by atoms with Gasteiger partial charge in [-0.15, -0.1) is 0 Å². The van der Waals surface area contributed by atoms with Crippen LogP contribution in [0.1, 0.15) is 38.2 Å². The fourth-order valence-corrected chi connectivity index (χ4v) is 3.49. The summed E-state index contributed by atoms with van der Waals surface area (Å²) in [6.45, 7) is 1.82. The minimum Gasteiger partial charge on any atom is -0.496 e. The molecule has 0 heterocycles. The Morgan fingerprint density at radius 1 is 1.43 bits per heavy atom. The Morgan fingerprint density at radius 3 is 2.83 bits per heavy atom. The van der Waals surface area contributed by atoms with Crippen LogP contribution in [0.25, 0.3) is 0 Å². The van der Waals surface area contributed by atoms with E-state index in [0.29, 0.717) is 29.2 Å². The molecule has 1 amide bonds.